The number of methoxy groups -OCH3 is 1. The number of rotatable bonds is 4. The fraction of sp³-hybridized carbons (Fsp3) is 0.278. The zero-order valence-electron chi connectivity index (χ0n) is 16.4. The molecule has 3 aromatic rings. The lowest BCUT2D eigenvalue weighted by molar-refractivity contribution is -0.116. The molecule has 2 aromatic heterocycles. The van der Waals surface area contributed by atoms with E-state index < -0.39 is 29.8 Å². The molecular formula is C18H20N6O5. The predicted octanol–water partition coefficient (Wildman–Crippen LogP) is 0.275. The van der Waals surface area contributed by atoms with E-state index in [1.807, 2.05) is 0 Å². The normalized spacial score (nSPS) is 10.8. The van der Waals surface area contributed by atoms with Crippen LogP contribution in [0.3, 0.4) is 0 Å². The average Bonchev–Trinajstić information content (AvgIpc) is 3.10. The van der Waals surface area contributed by atoms with Crippen LogP contribution in [0.2, 0.25) is 0 Å². The molecule has 0 radical (unpaired) electrons. The van der Waals surface area contributed by atoms with Crippen LogP contribution in [0.1, 0.15) is 0 Å². The summed E-state index contributed by atoms with van der Waals surface area (Å²) in [5.74, 6) is -0.542. The number of nitrogens with zero attached hydrogens (tertiary/aromatic N) is 5. The fourth-order valence-corrected chi connectivity index (χ4v) is 2.89. The monoisotopic (exact) mass is 400 g/mol. The number of carbonyl (C=O) groups is 2. The molecule has 152 valence electrons. The van der Waals surface area contributed by atoms with Gasteiger partial charge in [0.15, 0.2) is 11.2 Å². The van der Waals surface area contributed by atoms with E-state index in [1.165, 1.54) is 34.5 Å². The van der Waals surface area contributed by atoms with Gasteiger partial charge in [-0.15, -0.1) is 0 Å². The van der Waals surface area contributed by atoms with E-state index in [-0.39, 0.29) is 11.2 Å². The number of imidazole rings is 1. The third-order valence-corrected chi connectivity index (χ3v) is 4.49. The van der Waals surface area contributed by atoms with Crippen molar-refractivity contribution in [2.45, 2.75) is 6.54 Å². The number of benzene rings is 1. The number of aryl methyl sites for hydroxylation is 2. The Morgan fingerprint density at radius 2 is 1.83 bits per heavy atom. The second kappa shape index (κ2) is 7.62. The predicted molar refractivity (Wildman–Crippen MR) is 106 cm³/mol. The second-order valence-corrected chi connectivity index (χ2v) is 6.38. The summed E-state index contributed by atoms with van der Waals surface area (Å²) in [7, 11) is 5.96. The number of hydrogen-bond acceptors (Lipinski definition) is 6. The van der Waals surface area contributed by atoms with Gasteiger partial charge in [-0.3, -0.25) is 19.1 Å². The topological polar surface area (TPSA) is 120 Å². The molecule has 0 aliphatic heterocycles. The summed E-state index contributed by atoms with van der Waals surface area (Å²) in [6, 6.07) is 6.44. The minimum atomic E-state index is -0.633. The molecule has 11 heteroatoms. The van der Waals surface area contributed by atoms with Crippen molar-refractivity contribution in [1.82, 2.24) is 18.7 Å². The average molecular weight is 400 g/mol. The van der Waals surface area contributed by atoms with Gasteiger partial charge >= 0.3 is 11.8 Å². The van der Waals surface area contributed by atoms with Crippen LogP contribution in [0.25, 0.3) is 11.2 Å². The Kier molecular flexibility index (Phi) is 5.22. The van der Waals surface area contributed by atoms with E-state index >= 15 is 0 Å². The van der Waals surface area contributed by atoms with Gasteiger partial charge in [-0.25, -0.2) is 19.1 Å². The Morgan fingerprint density at radius 1 is 1.17 bits per heavy atom. The molecular weight excluding hydrogens is 380 g/mol. The largest absolute Gasteiger partial charge is 0.452 e. The molecule has 29 heavy (non-hydrogen) atoms. The highest BCUT2D eigenvalue weighted by molar-refractivity contribution is 5.91. The van der Waals surface area contributed by atoms with Crippen molar-refractivity contribution in [2.75, 3.05) is 24.4 Å². The maximum absolute atomic E-state index is 12.6. The van der Waals surface area contributed by atoms with Gasteiger partial charge in [0.1, 0.15) is 6.54 Å². The van der Waals surface area contributed by atoms with Gasteiger partial charge in [0.25, 0.3) is 5.56 Å². The molecule has 2 heterocycles. The van der Waals surface area contributed by atoms with Gasteiger partial charge in [0.2, 0.25) is 5.91 Å². The molecule has 0 saturated heterocycles. The Labute approximate surface area is 164 Å². The van der Waals surface area contributed by atoms with Crippen LogP contribution >= 0.6 is 0 Å². The smallest absolute Gasteiger partial charge is 0.413 e. The zero-order valence-corrected chi connectivity index (χ0v) is 16.4. The van der Waals surface area contributed by atoms with Gasteiger partial charge in [-0.2, -0.15) is 0 Å². The second-order valence-electron chi connectivity index (χ2n) is 6.38. The van der Waals surface area contributed by atoms with Crippen LogP contribution in [0.5, 0.6) is 0 Å². The lowest BCUT2D eigenvalue weighted by Gasteiger charge is -2.16. The van der Waals surface area contributed by atoms with Crippen LogP contribution in [-0.2, 0) is 30.2 Å². The fourth-order valence-electron chi connectivity index (χ4n) is 2.89. The first-order valence-electron chi connectivity index (χ1n) is 8.57. The van der Waals surface area contributed by atoms with Crippen LogP contribution in [0.15, 0.2) is 40.2 Å². The Bertz CT molecular complexity index is 1200. The van der Waals surface area contributed by atoms with Crippen molar-refractivity contribution in [3.05, 3.63) is 51.4 Å². The van der Waals surface area contributed by atoms with Crippen LogP contribution in [0, 0.1) is 0 Å². The van der Waals surface area contributed by atoms with Crippen molar-refractivity contribution >= 4 is 34.5 Å². The number of ether oxygens (including phenoxy) is 1. The lowest BCUT2D eigenvalue weighted by Crippen LogP contribution is -2.42. The molecule has 0 atom stereocenters. The van der Waals surface area contributed by atoms with Crippen LogP contribution < -0.4 is 21.5 Å². The number of fused-ring (bicyclic) bond motifs is 1. The van der Waals surface area contributed by atoms with E-state index in [4.69, 9.17) is 0 Å². The quantitative estimate of drug-likeness (QED) is 0.671. The summed E-state index contributed by atoms with van der Waals surface area (Å²) in [5, 5.41) is 2.63. The van der Waals surface area contributed by atoms with Crippen molar-refractivity contribution in [2.24, 2.45) is 14.1 Å². The summed E-state index contributed by atoms with van der Waals surface area (Å²) >= 11 is 0. The molecule has 0 spiro atoms. The van der Waals surface area contributed by atoms with E-state index in [1.54, 1.807) is 38.4 Å². The Balaban J connectivity index is 1.81. The molecule has 0 fully saturated rings. The van der Waals surface area contributed by atoms with E-state index in [0.29, 0.717) is 11.4 Å². The molecule has 0 bridgehead atoms. The SMILES string of the molecule is COC(=O)N(C)c1ccc(NC(=O)Cn2c(=O)c3c(ncn3C)n(C)c2=O)cc1. The molecule has 3 rings (SSSR count). The third kappa shape index (κ3) is 3.61. The number of aromatic nitrogens is 4. The van der Waals surface area contributed by atoms with Crippen molar-refractivity contribution in [3.63, 3.8) is 0 Å². The first-order chi connectivity index (χ1) is 13.7. The summed E-state index contributed by atoms with van der Waals surface area (Å²) in [4.78, 5) is 54.4. The van der Waals surface area contributed by atoms with Crippen LogP contribution in [-0.4, -0.2) is 44.8 Å². The van der Waals surface area contributed by atoms with Crippen LogP contribution in [0.4, 0.5) is 16.2 Å². The molecule has 0 saturated carbocycles. The summed E-state index contributed by atoms with van der Waals surface area (Å²) in [6.07, 6.45) is 0.908. The zero-order chi connectivity index (χ0) is 21.3. The van der Waals surface area contributed by atoms with Crippen molar-refractivity contribution < 1.29 is 14.3 Å². The minimum Gasteiger partial charge on any atom is -0.452 e. The maximum Gasteiger partial charge on any atom is 0.413 e. The Hall–Kier alpha value is -3.89. The minimum absolute atomic E-state index is 0.232. The van der Waals surface area contributed by atoms with Gasteiger partial charge < -0.3 is 14.6 Å². The molecule has 1 N–H and O–H groups in total. The molecule has 2 amide bonds. The van der Waals surface area contributed by atoms with Gasteiger partial charge in [-0.1, -0.05) is 0 Å². The number of nitrogens with one attached hydrogen (secondary N) is 1. The molecule has 11 nitrogen and oxygen atoms in total. The lowest BCUT2D eigenvalue weighted by atomic mass is 10.2. The van der Waals surface area contributed by atoms with Gasteiger partial charge in [-0.05, 0) is 24.3 Å². The van der Waals surface area contributed by atoms with Gasteiger partial charge in [0, 0.05) is 32.5 Å². The van der Waals surface area contributed by atoms with E-state index in [0.717, 1.165) is 4.57 Å². The summed E-state index contributed by atoms with van der Waals surface area (Å²) in [5.41, 5.74) is 0.282. The summed E-state index contributed by atoms with van der Waals surface area (Å²) < 4.78 is 8.23. The number of hydrogen-bond donors (Lipinski definition) is 1. The van der Waals surface area contributed by atoms with Crippen molar-refractivity contribution in [3.8, 4) is 0 Å². The van der Waals surface area contributed by atoms with E-state index in [9.17, 15) is 19.2 Å². The third-order valence-electron chi connectivity index (χ3n) is 4.49. The highest BCUT2D eigenvalue weighted by atomic mass is 16.5. The number of anilines is 2. The maximum atomic E-state index is 12.6. The first-order valence-corrected chi connectivity index (χ1v) is 8.57. The standard InChI is InChI=1S/C18H20N6O5/c1-21-10-19-15-14(21)16(26)24(17(27)23(15)3)9-13(25)20-11-5-7-12(8-6-11)22(2)18(28)29-4/h5-8,10H,9H2,1-4H3,(H,20,25). The number of carbonyl (C=O) groups excluding carboxylic acids is 2. The number of amides is 2. The highest BCUT2D eigenvalue weighted by Crippen LogP contribution is 2.17. The molecule has 0 aliphatic carbocycles. The first kappa shape index (κ1) is 19.9. The highest BCUT2D eigenvalue weighted by Gasteiger charge is 2.17. The van der Waals surface area contributed by atoms with Gasteiger partial charge in [0.05, 0.1) is 13.4 Å². The van der Waals surface area contributed by atoms with Crippen molar-refractivity contribution in [1.29, 1.82) is 0 Å². The molecule has 0 aliphatic rings. The molecule has 1 aromatic carbocycles. The summed E-state index contributed by atoms with van der Waals surface area (Å²) in [6.45, 7) is -0.448. The molecule has 0 unspecified atom stereocenters. The Morgan fingerprint density at radius 3 is 2.45 bits per heavy atom. The van der Waals surface area contributed by atoms with E-state index in [2.05, 4.69) is 15.0 Å².